The lowest BCUT2D eigenvalue weighted by molar-refractivity contribution is 0.794. The molecule has 0 aromatic heterocycles. The van der Waals surface area contributed by atoms with Crippen molar-refractivity contribution in [1.29, 1.82) is 0 Å². The van der Waals surface area contributed by atoms with E-state index in [1.165, 1.54) is 93.9 Å². The largest absolute Gasteiger partial charge is 0.311 e. The Balaban J connectivity index is 0.806. The maximum absolute atomic E-state index is 2.53. The second-order valence-electron chi connectivity index (χ2n) is 20.3. The molecule has 0 amide bonds. The maximum atomic E-state index is 2.53. The highest BCUT2D eigenvalue weighted by Crippen LogP contribution is 2.63. The zero-order valence-corrected chi connectivity index (χ0v) is 42.3. The van der Waals surface area contributed by atoms with Crippen LogP contribution in [0.1, 0.15) is 22.3 Å². The van der Waals surface area contributed by atoms with E-state index in [-0.39, 0.29) is 0 Å². The minimum atomic E-state index is -0.417. The fourth-order valence-corrected chi connectivity index (χ4v) is 13.0. The first kappa shape index (κ1) is 44.5. The topological polar surface area (TPSA) is 6.48 Å². The van der Waals surface area contributed by atoms with Gasteiger partial charge in [-0.3, -0.25) is 0 Å². The van der Waals surface area contributed by atoms with Crippen molar-refractivity contribution < 1.29 is 0 Å². The Kier molecular flexibility index (Phi) is 10.5. The molecule has 0 saturated heterocycles. The van der Waals surface area contributed by atoms with E-state index >= 15 is 0 Å². The number of hydrogen-bond acceptors (Lipinski definition) is 2. The van der Waals surface area contributed by atoms with Gasteiger partial charge in [-0.2, -0.15) is 0 Å². The molecule has 2 heteroatoms. The number of rotatable bonds is 9. The molecule has 2 aliphatic rings. The third-order valence-electron chi connectivity index (χ3n) is 16.3. The minimum absolute atomic E-state index is 0.417. The highest BCUT2D eigenvalue weighted by atomic mass is 15.1. The highest BCUT2D eigenvalue weighted by molar-refractivity contribution is 6.21. The molecule has 0 radical (unpaired) electrons. The number of nitrogens with zero attached hydrogens (tertiary/aromatic N) is 2. The van der Waals surface area contributed by atoms with Crippen molar-refractivity contribution in [2.24, 2.45) is 0 Å². The van der Waals surface area contributed by atoms with Crippen molar-refractivity contribution >= 4 is 55.7 Å². The monoisotopic (exact) mass is 978 g/mol. The molecule has 13 aromatic carbocycles. The van der Waals surface area contributed by atoms with E-state index in [0.717, 1.165) is 39.7 Å². The lowest BCUT2D eigenvalue weighted by atomic mass is 9.70. The number of anilines is 6. The van der Waals surface area contributed by atoms with Gasteiger partial charge in [-0.1, -0.05) is 224 Å². The summed E-state index contributed by atoms with van der Waals surface area (Å²) in [4.78, 5) is 4.65. The Morgan fingerprint density at radius 1 is 0.195 bits per heavy atom. The van der Waals surface area contributed by atoms with Crippen LogP contribution < -0.4 is 9.80 Å². The summed E-state index contributed by atoms with van der Waals surface area (Å²) < 4.78 is 0. The maximum Gasteiger partial charge on any atom is 0.0725 e. The van der Waals surface area contributed by atoms with Gasteiger partial charge in [0.05, 0.1) is 5.41 Å². The van der Waals surface area contributed by atoms with Gasteiger partial charge in [0.15, 0.2) is 0 Å². The molecule has 0 unspecified atom stereocenters. The first-order valence-electron chi connectivity index (χ1n) is 26.7. The summed E-state index contributed by atoms with van der Waals surface area (Å²) in [6, 6.07) is 111. The molecule has 0 N–H and O–H groups in total. The van der Waals surface area contributed by atoms with Gasteiger partial charge in [0, 0.05) is 34.1 Å². The van der Waals surface area contributed by atoms with E-state index in [1.807, 2.05) is 0 Å². The Morgan fingerprint density at radius 2 is 0.468 bits per heavy atom. The lowest BCUT2D eigenvalue weighted by Gasteiger charge is -2.31. The van der Waals surface area contributed by atoms with Crippen LogP contribution in [0.3, 0.4) is 0 Å². The summed E-state index contributed by atoms with van der Waals surface area (Å²) >= 11 is 0. The Morgan fingerprint density at radius 3 is 0.844 bits per heavy atom. The van der Waals surface area contributed by atoms with Crippen molar-refractivity contribution in [2.75, 3.05) is 9.80 Å². The molecule has 13 aromatic rings. The standard InChI is InChI=1S/C75H50N2/c1-4-20-55(21-5-1)76(56-22-6-2-7-23-56)58-43-36-51(37-44-58)52-38-45-59(46-39-52)77(57-24-8-3-9-25-57)60-47-40-53(41-48-60)73-65-29-10-12-31-67(65)74(68-32-13-11-30-66(68)73)54-42-49-64-63-28-16-19-35-71(63)75(72(64)50-54)69-33-17-14-26-61(69)62-27-15-18-34-70(62)75/h1-50H. The molecule has 2 nitrogen and oxygen atoms in total. The van der Waals surface area contributed by atoms with Gasteiger partial charge in [0.2, 0.25) is 0 Å². The van der Waals surface area contributed by atoms with E-state index in [1.54, 1.807) is 0 Å². The Labute approximate surface area is 449 Å². The van der Waals surface area contributed by atoms with Crippen LogP contribution in [0, 0.1) is 0 Å². The van der Waals surface area contributed by atoms with Crippen molar-refractivity contribution in [2.45, 2.75) is 5.41 Å². The van der Waals surface area contributed by atoms with Gasteiger partial charge in [0.25, 0.3) is 0 Å². The molecule has 15 rings (SSSR count). The van der Waals surface area contributed by atoms with Gasteiger partial charge in [-0.25, -0.2) is 0 Å². The number of hydrogen-bond donors (Lipinski definition) is 0. The molecule has 0 bridgehead atoms. The normalized spacial score (nSPS) is 12.5. The predicted octanol–water partition coefficient (Wildman–Crippen LogP) is 20.3. The third-order valence-corrected chi connectivity index (χ3v) is 16.3. The van der Waals surface area contributed by atoms with Crippen LogP contribution in [0.15, 0.2) is 303 Å². The van der Waals surface area contributed by atoms with Crippen molar-refractivity contribution in [3.8, 4) is 55.6 Å². The number of fused-ring (bicyclic) bond motifs is 12. The van der Waals surface area contributed by atoms with Gasteiger partial charge >= 0.3 is 0 Å². The number of para-hydroxylation sites is 3. The molecule has 1 spiro atoms. The van der Waals surface area contributed by atoms with E-state index in [2.05, 4.69) is 313 Å². The minimum Gasteiger partial charge on any atom is -0.311 e. The lowest BCUT2D eigenvalue weighted by Crippen LogP contribution is -2.25. The number of benzene rings is 13. The van der Waals surface area contributed by atoms with Gasteiger partial charge in [0.1, 0.15) is 0 Å². The molecule has 0 fully saturated rings. The summed E-state index contributed by atoms with van der Waals surface area (Å²) in [7, 11) is 0. The molecule has 2 aliphatic carbocycles. The molecular formula is C75H50N2. The van der Waals surface area contributed by atoms with Crippen LogP contribution >= 0.6 is 0 Å². The summed E-state index contributed by atoms with van der Waals surface area (Å²) in [5.74, 6) is 0. The molecule has 0 saturated carbocycles. The summed E-state index contributed by atoms with van der Waals surface area (Å²) in [5.41, 5.74) is 24.2. The Bertz CT molecular complexity index is 4190. The van der Waals surface area contributed by atoms with Crippen molar-refractivity contribution in [1.82, 2.24) is 0 Å². The molecule has 0 atom stereocenters. The smallest absolute Gasteiger partial charge is 0.0725 e. The van der Waals surface area contributed by atoms with E-state index in [0.29, 0.717) is 0 Å². The first-order valence-corrected chi connectivity index (χ1v) is 26.7. The molecular weight excluding hydrogens is 929 g/mol. The van der Waals surface area contributed by atoms with E-state index < -0.39 is 5.41 Å². The van der Waals surface area contributed by atoms with Crippen LogP contribution in [0.2, 0.25) is 0 Å². The van der Waals surface area contributed by atoms with Gasteiger partial charge in [-0.05, 0) is 178 Å². The zero-order valence-electron chi connectivity index (χ0n) is 42.3. The Hall–Kier alpha value is -10.0. The summed E-state index contributed by atoms with van der Waals surface area (Å²) in [5, 5.41) is 4.96. The predicted molar refractivity (Wildman–Crippen MR) is 323 cm³/mol. The molecule has 0 aliphatic heterocycles. The van der Waals surface area contributed by atoms with Crippen LogP contribution in [0.5, 0.6) is 0 Å². The average Bonchev–Trinajstić information content (AvgIpc) is 4.22. The van der Waals surface area contributed by atoms with Crippen LogP contribution in [0.4, 0.5) is 34.1 Å². The quantitative estimate of drug-likeness (QED) is 0.133. The molecule has 360 valence electrons. The van der Waals surface area contributed by atoms with Crippen molar-refractivity contribution in [3.63, 3.8) is 0 Å². The summed E-state index contributed by atoms with van der Waals surface area (Å²) in [6.07, 6.45) is 0. The summed E-state index contributed by atoms with van der Waals surface area (Å²) in [6.45, 7) is 0. The zero-order chi connectivity index (χ0) is 50.9. The fourth-order valence-electron chi connectivity index (χ4n) is 13.0. The average molecular weight is 979 g/mol. The molecule has 77 heavy (non-hydrogen) atoms. The van der Waals surface area contributed by atoms with Crippen LogP contribution in [0.25, 0.3) is 77.2 Å². The third kappa shape index (κ3) is 7.03. The van der Waals surface area contributed by atoms with E-state index in [9.17, 15) is 0 Å². The van der Waals surface area contributed by atoms with Gasteiger partial charge < -0.3 is 9.80 Å². The van der Waals surface area contributed by atoms with Crippen molar-refractivity contribution in [3.05, 3.63) is 326 Å². The second kappa shape index (κ2) is 18.1. The second-order valence-corrected chi connectivity index (χ2v) is 20.3. The highest BCUT2D eigenvalue weighted by Gasteiger charge is 2.51. The van der Waals surface area contributed by atoms with E-state index in [4.69, 9.17) is 0 Å². The SMILES string of the molecule is c1ccc(N(c2ccccc2)c2ccc(-c3ccc(N(c4ccccc4)c4ccc(-c5c6ccccc6c(-c6ccc7c(c6)C6(c8ccccc8-c8ccccc86)c6ccccc6-7)c6ccccc56)cc4)cc3)cc2)cc1. The molecule has 0 heterocycles. The van der Waals surface area contributed by atoms with Gasteiger partial charge in [-0.15, -0.1) is 0 Å². The van der Waals surface area contributed by atoms with Crippen LogP contribution in [-0.2, 0) is 5.41 Å². The van der Waals surface area contributed by atoms with Crippen LogP contribution in [-0.4, -0.2) is 0 Å². The fraction of sp³-hybridized carbons (Fsp3) is 0.0133. The first-order chi connectivity index (χ1) is 38.2.